The van der Waals surface area contributed by atoms with Crippen LogP contribution in [0.1, 0.15) is 11.1 Å². The van der Waals surface area contributed by atoms with Gasteiger partial charge in [-0.3, -0.25) is 0 Å². The van der Waals surface area contributed by atoms with Gasteiger partial charge in [-0.15, -0.1) is 0 Å². The van der Waals surface area contributed by atoms with Gasteiger partial charge in [-0.2, -0.15) is 0 Å². The van der Waals surface area contributed by atoms with E-state index in [9.17, 15) is 9.90 Å². The van der Waals surface area contributed by atoms with Crippen LogP contribution in [-0.4, -0.2) is 16.2 Å². The third kappa shape index (κ3) is 2.60. The third-order valence-electron chi connectivity index (χ3n) is 1.69. The lowest BCUT2D eigenvalue weighted by Crippen LogP contribution is -1.86. The number of aliphatic carboxylic acids is 1. The second-order valence-corrected chi connectivity index (χ2v) is 3.69. The Hall–Kier alpha value is -1.29. The number of halogens is 1. The molecule has 14 heavy (non-hydrogen) atoms. The van der Waals surface area contributed by atoms with Crippen molar-refractivity contribution in [2.24, 2.45) is 0 Å². The van der Waals surface area contributed by atoms with Gasteiger partial charge in [-0.1, -0.05) is 0 Å². The summed E-state index contributed by atoms with van der Waals surface area (Å²) in [4.78, 5) is 10.3. The summed E-state index contributed by atoms with van der Waals surface area (Å²) in [5, 5.41) is 17.8. The summed E-state index contributed by atoms with van der Waals surface area (Å²) in [5.74, 6) is -0.815. The fraction of sp³-hybridized carbons (Fsp3) is 0.100. The highest BCUT2D eigenvalue weighted by atomic mass is 79.9. The molecule has 0 atom stereocenters. The van der Waals surface area contributed by atoms with E-state index in [1.165, 1.54) is 6.08 Å². The molecule has 0 aliphatic heterocycles. The van der Waals surface area contributed by atoms with E-state index in [1.807, 2.05) is 0 Å². The smallest absolute Gasteiger partial charge is 0.328 e. The maximum absolute atomic E-state index is 10.3. The Labute approximate surface area is 89.8 Å². The zero-order chi connectivity index (χ0) is 10.7. The van der Waals surface area contributed by atoms with Gasteiger partial charge in [0.05, 0.1) is 4.47 Å². The van der Waals surface area contributed by atoms with Crippen molar-refractivity contribution in [2.75, 3.05) is 0 Å². The Morgan fingerprint density at radius 3 is 2.64 bits per heavy atom. The van der Waals surface area contributed by atoms with Crippen molar-refractivity contribution in [1.29, 1.82) is 0 Å². The Bertz CT molecular complexity index is 373. The highest BCUT2D eigenvalue weighted by molar-refractivity contribution is 9.10. The van der Waals surface area contributed by atoms with Crippen LogP contribution in [0.5, 0.6) is 5.75 Å². The molecule has 0 saturated carbocycles. The minimum atomic E-state index is -0.994. The van der Waals surface area contributed by atoms with Crippen LogP contribution < -0.4 is 0 Å². The minimum absolute atomic E-state index is 0.178. The standard InChI is InChI=1S/C10H9BrO3/c1-6-4-7(2-3-9(12)13)5-8(11)10(6)14/h2-5,14H,1H3,(H,12,13)/b3-2+. The second kappa shape index (κ2) is 4.28. The number of carbonyl (C=O) groups is 1. The predicted octanol–water partition coefficient (Wildman–Crippen LogP) is 2.56. The van der Waals surface area contributed by atoms with Gasteiger partial charge in [-0.05, 0) is 52.2 Å². The Morgan fingerprint density at radius 1 is 1.50 bits per heavy atom. The fourth-order valence-corrected chi connectivity index (χ4v) is 1.60. The van der Waals surface area contributed by atoms with E-state index in [2.05, 4.69) is 15.9 Å². The van der Waals surface area contributed by atoms with Crippen molar-refractivity contribution in [3.8, 4) is 5.75 Å². The highest BCUT2D eigenvalue weighted by Crippen LogP contribution is 2.29. The monoisotopic (exact) mass is 256 g/mol. The van der Waals surface area contributed by atoms with Crippen LogP contribution in [0.4, 0.5) is 0 Å². The van der Waals surface area contributed by atoms with Crippen molar-refractivity contribution in [3.05, 3.63) is 33.8 Å². The van der Waals surface area contributed by atoms with E-state index in [0.29, 0.717) is 10.0 Å². The largest absolute Gasteiger partial charge is 0.506 e. The molecule has 0 heterocycles. The van der Waals surface area contributed by atoms with E-state index in [-0.39, 0.29) is 5.75 Å². The lowest BCUT2D eigenvalue weighted by molar-refractivity contribution is -0.131. The average molecular weight is 257 g/mol. The zero-order valence-corrected chi connectivity index (χ0v) is 9.08. The van der Waals surface area contributed by atoms with Crippen LogP contribution in [0.25, 0.3) is 6.08 Å². The number of hydrogen-bond donors (Lipinski definition) is 2. The molecule has 0 fully saturated rings. The maximum Gasteiger partial charge on any atom is 0.328 e. The molecule has 0 spiro atoms. The lowest BCUT2D eigenvalue weighted by Gasteiger charge is -2.02. The van der Waals surface area contributed by atoms with Crippen LogP contribution in [0.2, 0.25) is 0 Å². The summed E-state index contributed by atoms with van der Waals surface area (Å²) in [6, 6.07) is 3.36. The van der Waals surface area contributed by atoms with Gasteiger partial charge in [-0.25, -0.2) is 4.79 Å². The number of rotatable bonds is 2. The van der Waals surface area contributed by atoms with E-state index in [1.54, 1.807) is 19.1 Å². The molecule has 0 bridgehead atoms. The molecule has 2 N–H and O–H groups in total. The quantitative estimate of drug-likeness (QED) is 0.800. The lowest BCUT2D eigenvalue weighted by atomic mass is 10.1. The molecule has 1 rings (SSSR count). The minimum Gasteiger partial charge on any atom is -0.506 e. The predicted molar refractivity (Wildman–Crippen MR) is 57.2 cm³/mol. The summed E-state index contributed by atoms with van der Waals surface area (Å²) in [5.41, 5.74) is 1.43. The summed E-state index contributed by atoms with van der Waals surface area (Å²) in [6.45, 7) is 1.75. The van der Waals surface area contributed by atoms with Gasteiger partial charge in [0.25, 0.3) is 0 Å². The number of phenolic OH excluding ortho intramolecular Hbond substituents is 1. The molecule has 1 aromatic rings. The third-order valence-corrected chi connectivity index (χ3v) is 2.30. The molecular weight excluding hydrogens is 248 g/mol. The topological polar surface area (TPSA) is 57.5 Å². The summed E-state index contributed by atoms with van der Waals surface area (Å²) in [6.07, 6.45) is 2.53. The molecule has 4 heteroatoms. The van der Waals surface area contributed by atoms with Gasteiger partial charge in [0.2, 0.25) is 0 Å². The summed E-state index contributed by atoms with van der Waals surface area (Å²) >= 11 is 3.17. The zero-order valence-electron chi connectivity index (χ0n) is 7.49. The molecule has 74 valence electrons. The SMILES string of the molecule is Cc1cc(/C=C/C(=O)O)cc(Br)c1O. The number of carboxylic acids is 1. The average Bonchev–Trinajstić information content (AvgIpc) is 2.10. The van der Waals surface area contributed by atoms with Crippen LogP contribution >= 0.6 is 15.9 Å². The van der Waals surface area contributed by atoms with E-state index in [4.69, 9.17) is 5.11 Å². The highest BCUT2D eigenvalue weighted by Gasteiger charge is 2.02. The first-order chi connectivity index (χ1) is 6.50. The molecular formula is C10H9BrO3. The van der Waals surface area contributed by atoms with Crippen molar-refractivity contribution in [3.63, 3.8) is 0 Å². The van der Waals surface area contributed by atoms with Crippen molar-refractivity contribution < 1.29 is 15.0 Å². The number of hydrogen-bond acceptors (Lipinski definition) is 2. The number of benzene rings is 1. The molecule has 0 aliphatic rings. The van der Waals surface area contributed by atoms with E-state index < -0.39 is 5.97 Å². The Kier molecular flexibility index (Phi) is 3.30. The van der Waals surface area contributed by atoms with Gasteiger partial charge in [0.1, 0.15) is 5.75 Å². The fourth-order valence-electron chi connectivity index (χ4n) is 1.03. The van der Waals surface area contributed by atoms with Crippen LogP contribution in [-0.2, 0) is 4.79 Å². The number of carboxylic acid groups (broad SMARTS) is 1. The number of aryl methyl sites for hydroxylation is 1. The number of phenols is 1. The first-order valence-electron chi connectivity index (χ1n) is 3.91. The van der Waals surface area contributed by atoms with Crippen LogP contribution in [0, 0.1) is 6.92 Å². The van der Waals surface area contributed by atoms with E-state index in [0.717, 1.165) is 11.6 Å². The number of aromatic hydroxyl groups is 1. The molecule has 0 radical (unpaired) electrons. The normalized spacial score (nSPS) is 10.7. The first-order valence-corrected chi connectivity index (χ1v) is 4.70. The molecule has 1 aromatic carbocycles. The molecule has 0 aromatic heterocycles. The summed E-state index contributed by atoms with van der Waals surface area (Å²) in [7, 11) is 0. The van der Waals surface area contributed by atoms with Crippen molar-refractivity contribution in [2.45, 2.75) is 6.92 Å². The Morgan fingerprint density at radius 2 is 2.14 bits per heavy atom. The first kappa shape index (κ1) is 10.8. The second-order valence-electron chi connectivity index (χ2n) is 2.84. The molecule has 0 saturated heterocycles. The molecule has 3 nitrogen and oxygen atoms in total. The van der Waals surface area contributed by atoms with E-state index >= 15 is 0 Å². The van der Waals surface area contributed by atoms with Gasteiger partial charge < -0.3 is 10.2 Å². The molecule has 0 amide bonds. The molecule has 0 aliphatic carbocycles. The van der Waals surface area contributed by atoms with Gasteiger partial charge in [0, 0.05) is 6.08 Å². The summed E-state index contributed by atoms with van der Waals surface area (Å²) < 4.78 is 0.558. The van der Waals surface area contributed by atoms with Crippen LogP contribution in [0.3, 0.4) is 0 Å². The molecule has 0 unspecified atom stereocenters. The van der Waals surface area contributed by atoms with Gasteiger partial charge >= 0.3 is 5.97 Å². The van der Waals surface area contributed by atoms with Gasteiger partial charge in [0.15, 0.2) is 0 Å². The Balaban J connectivity index is 3.07. The van der Waals surface area contributed by atoms with Crippen molar-refractivity contribution >= 4 is 28.0 Å². The maximum atomic E-state index is 10.3. The van der Waals surface area contributed by atoms with Crippen LogP contribution in [0.15, 0.2) is 22.7 Å². The van der Waals surface area contributed by atoms with Crippen molar-refractivity contribution in [1.82, 2.24) is 0 Å².